The van der Waals surface area contributed by atoms with Gasteiger partial charge >= 0.3 is 0 Å². The maximum absolute atomic E-state index is 10.8. The highest BCUT2D eigenvalue weighted by Crippen LogP contribution is 2.31. The molecule has 4 rings (SSSR count). The molecule has 2 aliphatic rings. The highest BCUT2D eigenvalue weighted by molar-refractivity contribution is 5.71. The van der Waals surface area contributed by atoms with E-state index < -0.39 is 74.6 Å². The van der Waals surface area contributed by atoms with Gasteiger partial charge in [-0.15, -0.1) is 0 Å². The third-order valence-electron chi connectivity index (χ3n) is 6.49. The lowest BCUT2D eigenvalue weighted by Crippen LogP contribution is -2.65. The Morgan fingerprint density at radius 3 is 1.92 bits per heavy atom. The van der Waals surface area contributed by atoms with E-state index in [0.717, 1.165) is 5.56 Å². The molecule has 2 aromatic rings. The molecule has 13 nitrogen and oxygen atoms in total. The van der Waals surface area contributed by atoms with Crippen molar-refractivity contribution >= 4 is 12.2 Å². The summed E-state index contributed by atoms with van der Waals surface area (Å²) in [5, 5.41) is 90.4. The van der Waals surface area contributed by atoms with E-state index in [1.54, 1.807) is 24.3 Å². The van der Waals surface area contributed by atoms with Crippen molar-refractivity contribution in [3.8, 4) is 17.2 Å². The van der Waals surface area contributed by atoms with E-state index in [-0.39, 0.29) is 17.2 Å². The lowest BCUT2D eigenvalue weighted by atomic mass is 9.97. The number of rotatable bonds is 8. The van der Waals surface area contributed by atoms with Gasteiger partial charge < -0.3 is 64.9 Å². The summed E-state index contributed by atoms with van der Waals surface area (Å²) in [5.41, 5.74) is 1.30. The van der Waals surface area contributed by atoms with Crippen LogP contribution >= 0.6 is 0 Å². The summed E-state index contributed by atoms with van der Waals surface area (Å²) >= 11 is 0. The Hall–Kier alpha value is -2.82. The fourth-order valence-corrected chi connectivity index (χ4v) is 4.33. The standard InChI is InChI=1S/C26H32O13/c27-10-17-19(31)20(32)22(34)26(37-17)39-24-18(11-28)38-25(23(35)21(24)33)36-16-8-13(7-15(30)9-16)2-1-12-3-5-14(29)6-4-12/h1-9,17-35H,10-11H2/b2-1+. The highest BCUT2D eigenvalue weighted by Gasteiger charge is 2.51. The van der Waals surface area contributed by atoms with E-state index in [0.29, 0.717) is 5.56 Å². The first-order valence-corrected chi connectivity index (χ1v) is 12.2. The molecule has 0 bridgehead atoms. The number of hydrogen-bond acceptors (Lipinski definition) is 13. The average molecular weight is 553 g/mol. The van der Waals surface area contributed by atoms with Gasteiger partial charge in [0.15, 0.2) is 6.29 Å². The molecular formula is C26H32O13. The zero-order chi connectivity index (χ0) is 28.3. The van der Waals surface area contributed by atoms with Gasteiger partial charge in [-0.25, -0.2) is 0 Å². The Balaban J connectivity index is 1.46. The zero-order valence-corrected chi connectivity index (χ0v) is 20.5. The van der Waals surface area contributed by atoms with Gasteiger partial charge in [0.05, 0.1) is 13.2 Å². The van der Waals surface area contributed by atoms with Gasteiger partial charge in [0, 0.05) is 6.07 Å². The fraction of sp³-hybridized carbons (Fsp3) is 0.462. The molecule has 0 spiro atoms. The fourth-order valence-electron chi connectivity index (χ4n) is 4.33. The average Bonchev–Trinajstić information content (AvgIpc) is 2.92. The van der Waals surface area contributed by atoms with Crippen LogP contribution in [-0.2, 0) is 14.2 Å². The molecule has 2 fully saturated rings. The summed E-state index contributed by atoms with van der Waals surface area (Å²) in [6.45, 7) is -1.42. The molecule has 39 heavy (non-hydrogen) atoms. The predicted octanol–water partition coefficient (Wildman–Crippen LogP) is -1.73. The third-order valence-corrected chi connectivity index (χ3v) is 6.49. The van der Waals surface area contributed by atoms with Gasteiger partial charge in [0.1, 0.15) is 66.1 Å². The van der Waals surface area contributed by atoms with Crippen molar-refractivity contribution in [2.75, 3.05) is 13.2 Å². The Bertz CT molecular complexity index is 1110. The zero-order valence-electron chi connectivity index (χ0n) is 20.5. The topological polar surface area (TPSA) is 219 Å². The van der Waals surface area contributed by atoms with Crippen LogP contribution in [0.4, 0.5) is 0 Å². The maximum atomic E-state index is 10.8. The summed E-state index contributed by atoms with van der Waals surface area (Å²) in [5.74, 6) is 0.0308. The molecule has 2 aliphatic heterocycles. The van der Waals surface area contributed by atoms with Crippen LogP contribution in [0.2, 0.25) is 0 Å². The number of benzene rings is 2. The molecular weight excluding hydrogens is 520 g/mol. The molecule has 2 aromatic carbocycles. The Kier molecular flexibility index (Phi) is 9.40. The molecule has 0 aliphatic carbocycles. The van der Waals surface area contributed by atoms with Crippen molar-refractivity contribution in [2.24, 2.45) is 0 Å². The number of aromatic hydroxyl groups is 2. The molecule has 2 saturated heterocycles. The Labute approximate surface area is 222 Å². The molecule has 2 heterocycles. The largest absolute Gasteiger partial charge is 0.508 e. The third kappa shape index (κ3) is 6.67. The molecule has 214 valence electrons. The smallest absolute Gasteiger partial charge is 0.229 e. The van der Waals surface area contributed by atoms with Gasteiger partial charge in [0.25, 0.3) is 0 Å². The summed E-state index contributed by atoms with van der Waals surface area (Å²) in [6.07, 6.45) is -12.4. The number of aliphatic hydroxyl groups excluding tert-OH is 7. The van der Waals surface area contributed by atoms with Crippen LogP contribution in [0, 0.1) is 0 Å². The van der Waals surface area contributed by atoms with Crippen LogP contribution in [0.15, 0.2) is 42.5 Å². The van der Waals surface area contributed by atoms with Crippen LogP contribution in [0.25, 0.3) is 12.2 Å². The molecule has 10 atom stereocenters. The van der Waals surface area contributed by atoms with E-state index in [1.807, 2.05) is 0 Å². The van der Waals surface area contributed by atoms with Crippen LogP contribution in [0.3, 0.4) is 0 Å². The van der Waals surface area contributed by atoms with Crippen molar-refractivity contribution in [3.63, 3.8) is 0 Å². The Morgan fingerprint density at radius 1 is 0.641 bits per heavy atom. The normalized spacial score (nSPS) is 35.3. The summed E-state index contributed by atoms with van der Waals surface area (Å²) < 4.78 is 22.1. The molecule has 0 radical (unpaired) electrons. The van der Waals surface area contributed by atoms with Crippen LogP contribution in [0.5, 0.6) is 17.2 Å². The molecule has 0 saturated carbocycles. The number of hydrogen-bond donors (Lipinski definition) is 9. The van der Waals surface area contributed by atoms with Gasteiger partial charge in [-0.3, -0.25) is 0 Å². The van der Waals surface area contributed by atoms with Crippen LogP contribution in [-0.4, -0.2) is 121 Å². The van der Waals surface area contributed by atoms with Gasteiger partial charge in [-0.1, -0.05) is 24.3 Å². The van der Waals surface area contributed by atoms with E-state index in [4.69, 9.17) is 18.9 Å². The number of ether oxygens (including phenoxy) is 4. The first-order valence-electron chi connectivity index (χ1n) is 12.2. The van der Waals surface area contributed by atoms with E-state index in [2.05, 4.69) is 0 Å². The summed E-state index contributed by atoms with van der Waals surface area (Å²) in [7, 11) is 0. The van der Waals surface area contributed by atoms with Crippen molar-refractivity contribution < 1.29 is 64.9 Å². The molecule has 9 N–H and O–H groups in total. The number of phenols is 2. The summed E-state index contributed by atoms with van der Waals surface area (Å²) in [4.78, 5) is 0. The minimum absolute atomic E-state index is 0.0709. The Morgan fingerprint density at radius 2 is 1.26 bits per heavy atom. The van der Waals surface area contributed by atoms with E-state index in [1.165, 1.54) is 30.3 Å². The van der Waals surface area contributed by atoms with Crippen LogP contribution in [0.1, 0.15) is 11.1 Å². The lowest BCUT2D eigenvalue weighted by molar-refractivity contribution is -0.352. The van der Waals surface area contributed by atoms with Crippen molar-refractivity contribution in [1.82, 2.24) is 0 Å². The van der Waals surface area contributed by atoms with Gasteiger partial charge in [-0.2, -0.15) is 0 Å². The summed E-state index contributed by atoms with van der Waals surface area (Å²) in [6, 6.07) is 10.7. The number of phenolic OH excluding ortho intramolecular Hbond substituents is 2. The molecule has 10 unspecified atom stereocenters. The molecule has 0 aromatic heterocycles. The lowest BCUT2D eigenvalue weighted by Gasteiger charge is -2.45. The van der Waals surface area contributed by atoms with Crippen molar-refractivity contribution in [3.05, 3.63) is 53.6 Å². The SMILES string of the molecule is OCC1OC(OC2C(CO)OC(Oc3cc(O)cc(/C=C/c4ccc(O)cc4)c3)C(O)C2O)C(O)C(O)C1O. The first kappa shape index (κ1) is 29.2. The predicted molar refractivity (Wildman–Crippen MR) is 132 cm³/mol. The van der Waals surface area contributed by atoms with Crippen molar-refractivity contribution in [2.45, 2.75) is 61.4 Å². The second-order valence-corrected chi connectivity index (χ2v) is 9.31. The second-order valence-electron chi connectivity index (χ2n) is 9.31. The van der Waals surface area contributed by atoms with Crippen molar-refractivity contribution in [1.29, 1.82) is 0 Å². The van der Waals surface area contributed by atoms with E-state index >= 15 is 0 Å². The monoisotopic (exact) mass is 552 g/mol. The van der Waals surface area contributed by atoms with Gasteiger partial charge in [-0.05, 0) is 35.4 Å². The second kappa shape index (κ2) is 12.6. The van der Waals surface area contributed by atoms with E-state index in [9.17, 15) is 46.0 Å². The maximum Gasteiger partial charge on any atom is 0.229 e. The minimum Gasteiger partial charge on any atom is -0.508 e. The first-order chi connectivity index (χ1) is 18.6. The molecule has 13 heteroatoms. The number of aliphatic hydroxyl groups is 7. The molecule has 0 amide bonds. The van der Waals surface area contributed by atoms with Crippen LogP contribution < -0.4 is 4.74 Å². The quantitative estimate of drug-likeness (QED) is 0.167. The highest BCUT2D eigenvalue weighted by atomic mass is 16.7. The van der Waals surface area contributed by atoms with Gasteiger partial charge in [0.2, 0.25) is 6.29 Å². The minimum atomic E-state index is -1.78.